The molecule has 0 aromatic rings. The van der Waals surface area contributed by atoms with E-state index in [1.807, 2.05) is 0 Å². The number of ether oxygens (including phenoxy) is 2. The molecule has 3 fully saturated rings. The van der Waals surface area contributed by atoms with Gasteiger partial charge in [0.2, 0.25) is 0 Å². The van der Waals surface area contributed by atoms with Gasteiger partial charge in [-0.15, -0.1) is 0 Å². The summed E-state index contributed by atoms with van der Waals surface area (Å²) in [6, 6.07) is 0. The van der Waals surface area contributed by atoms with Crippen molar-refractivity contribution < 1.29 is 18.7 Å². The van der Waals surface area contributed by atoms with E-state index < -0.39 is 5.67 Å². The Morgan fingerprint density at radius 3 is 2.50 bits per heavy atom. The van der Waals surface area contributed by atoms with E-state index in [0.29, 0.717) is 32.5 Å². The molecule has 2 aliphatic heterocycles. The van der Waals surface area contributed by atoms with Gasteiger partial charge in [-0.2, -0.15) is 0 Å². The summed E-state index contributed by atoms with van der Waals surface area (Å²) in [6.45, 7) is 1.86. The summed E-state index contributed by atoms with van der Waals surface area (Å²) in [6.07, 6.45) is 3.46. The topological polar surface area (TPSA) is 38.8 Å². The molecule has 0 bridgehead atoms. The molecule has 1 unspecified atom stereocenters. The first-order chi connectivity index (χ1) is 8.57. The number of nitrogens with zero attached hydrogens (tertiary/aromatic N) is 1. The van der Waals surface area contributed by atoms with Crippen molar-refractivity contribution in [3.05, 3.63) is 0 Å². The van der Waals surface area contributed by atoms with Gasteiger partial charge in [0.1, 0.15) is 0 Å². The number of carbonyl (C=O) groups is 1. The van der Waals surface area contributed by atoms with Crippen molar-refractivity contribution >= 4 is 5.91 Å². The van der Waals surface area contributed by atoms with Crippen LogP contribution in [0.3, 0.4) is 0 Å². The lowest BCUT2D eigenvalue weighted by molar-refractivity contribution is -0.142. The number of likely N-dealkylation sites (tertiary alicyclic amines) is 1. The lowest BCUT2D eigenvalue weighted by Crippen LogP contribution is -2.49. The summed E-state index contributed by atoms with van der Waals surface area (Å²) in [4.78, 5) is 13.6. The van der Waals surface area contributed by atoms with Gasteiger partial charge in [-0.3, -0.25) is 4.79 Å². The monoisotopic (exact) mass is 257 g/mol. The molecule has 1 spiro atoms. The summed E-state index contributed by atoms with van der Waals surface area (Å²) in [5.74, 6) is -0.307. The van der Waals surface area contributed by atoms with Crippen LogP contribution in [0.15, 0.2) is 0 Å². The van der Waals surface area contributed by atoms with E-state index in [4.69, 9.17) is 9.47 Å². The second-order valence-electron chi connectivity index (χ2n) is 5.81. The van der Waals surface area contributed by atoms with Gasteiger partial charge in [-0.25, -0.2) is 4.39 Å². The third-order valence-corrected chi connectivity index (χ3v) is 4.54. The molecule has 0 radical (unpaired) electrons. The average molecular weight is 257 g/mol. The first-order valence-electron chi connectivity index (χ1n) is 6.72. The second kappa shape index (κ2) is 4.17. The van der Waals surface area contributed by atoms with Crippen molar-refractivity contribution in [2.24, 2.45) is 0 Å². The van der Waals surface area contributed by atoms with Crippen LogP contribution < -0.4 is 0 Å². The molecule has 5 heteroatoms. The molecule has 2 heterocycles. The van der Waals surface area contributed by atoms with Crippen molar-refractivity contribution in [3.63, 3.8) is 0 Å². The van der Waals surface area contributed by atoms with Gasteiger partial charge >= 0.3 is 0 Å². The zero-order valence-electron chi connectivity index (χ0n) is 10.8. The minimum atomic E-state index is -1.53. The minimum Gasteiger partial charge on any atom is -0.379 e. The number of rotatable bonds is 2. The van der Waals surface area contributed by atoms with Crippen molar-refractivity contribution in [1.29, 1.82) is 0 Å². The third kappa shape index (κ3) is 2.03. The molecule has 1 amide bonds. The van der Waals surface area contributed by atoms with E-state index in [-0.39, 0.29) is 17.6 Å². The van der Waals surface area contributed by atoms with E-state index in [9.17, 15) is 9.18 Å². The Bertz CT molecular complexity index is 348. The highest BCUT2D eigenvalue weighted by atomic mass is 19.1. The van der Waals surface area contributed by atoms with Crippen LogP contribution in [0.1, 0.15) is 32.1 Å². The first-order valence-corrected chi connectivity index (χ1v) is 6.72. The maximum absolute atomic E-state index is 13.7. The van der Waals surface area contributed by atoms with Crippen molar-refractivity contribution in [3.8, 4) is 0 Å². The lowest BCUT2D eigenvalue weighted by atomic mass is 9.88. The van der Waals surface area contributed by atoms with Crippen molar-refractivity contribution in [2.45, 2.75) is 49.5 Å². The molecular weight excluding hydrogens is 237 g/mol. The number of hydrogen-bond acceptors (Lipinski definition) is 3. The molecule has 4 nitrogen and oxygen atoms in total. The van der Waals surface area contributed by atoms with E-state index >= 15 is 0 Å². The molecule has 0 N–H and O–H groups in total. The molecule has 1 saturated carbocycles. The Morgan fingerprint density at radius 1 is 1.33 bits per heavy atom. The van der Waals surface area contributed by atoms with Crippen LogP contribution in [0.2, 0.25) is 0 Å². The second-order valence-corrected chi connectivity index (χ2v) is 5.81. The number of carbonyl (C=O) groups excluding carboxylic acids is 1. The summed E-state index contributed by atoms with van der Waals surface area (Å²) in [5, 5.41) is 0. The molecule has 0 aromatic carbocycles. The molecular formula is C13H20FNO3. The normalized spacial score (nSPS) is 32.8. The van der Waals surface area contributed by atoms with Gasteiger partial charge in [0.25, 0.3) is 5.91 Å². The molecule has 3 rings (SSSR count). The number of methoxy groups -OCH3 is 1. The molecule has 102 valence electrons. The number of amides is 1. The smallest absolute Gasteiger partial charge is 0.260 e. The van der Waals surface area contributed by atoms with Crippen molar-refractivity contribution in [1.82, 2.24) is 4.90 Å². The number of hydrogen-bond donors (Lipinski definition) is 0. The quantitative estimate of drug-likeness (QED) is 0.748. The van der Waals surface area contributed by atoms with Crippen LogP contribution in [0.25, 0.3) is 0 Å². The highest BCUT2D eigenvalue weighted by Crippen LogP contribution is 2.43. The van der Waals surface area contributed by atoms with E-state index in [0.717, 1.165) is 19.3 Å². The lowest BCUT2D eigenvalue weighted by Gasteiger charge is -2.39. The standard InChI is InChI=1S/C13H20FNO3/c1-17-10-8-12(18-9-10)4-6-15(7-5-12)11(16)13(14)2-3-13/h10H,2-9H2,1H3. The van der Waals surface area contributed by atoms with Crippen LogP contribution >= 0.6 is 0 Å². The largest absolute Gasteiger partial charge is 0.379 e. The number of alkyl halides is 1. The van der Waals surface area contributed by atoms with Gasteiger partial charge < -0.3 is 14.4 Å². The Kier molecular flexibility index (Phi) is 2.86. The first kappa shape index (κ1) is 12.4. The van der Waals surface area contributed by atoms with Gasteiger partial charge in [0.15, 0.2) is 5.67 Å². The van der Waals surface area contributed by atoms with Crippen LogP contribution in [0.4, 0.5) is 4.39 Å². The Morgan fingerprint density at radius 2 is 2.00 bits per heavy atom. The Labute approximate surface area is 106 Å². The van der Waals surface area contributed by atoms with Crippen molar-refractivity contribution in [2.75, 3.05) is 26.8 Å². The fourth-order valence-corrected chi connectivity index (χ4v) is 3.03. The summed E-state index contributed by atoms with van der Waals surface area (Å²) in [7, 11) is 1.70. The third-order valence-electron chi connectivity index (χ3n) is 4.54. The molecule has 18 heavy (non-hydrogen) atoms. The molecule has 2 saturated heterocycles. The van der Waals surface area contributed by atoms with E-state index in [2.05, 4.69) is 0 Å². The predicted molar refractivity (Wildman–Crippen MR) is 63.0 cm³/mol. The van der Waals surface area contributed by atoms with Gasteiger partial charge in [0.05, 0.1) is 18.3 Å². The maximum atomic E-state index is 13.7. The highest BCUT2D eigenvalue weighted by Gasteiger charge is 2.54. The summed E-state index contributed by atoms with van der Waals surface area (Å²) in [5.41, 5.74) is -1.67. The van der Waals surface area contributed by atoms with Crippen LogP contribution in [-0.4, -0.2) is 55.0 Å². The highest BCUT2D eigenvalue weighted by molar-refractivity contribution is 5.88. The van der Waals surface area contributed by atoms with Gasteiger partial charge in [-0.1, -0.05) is 0 Å². The molecule has 0 aromatic heterocycles. The van der Waals surface area contributed by atoms with Crippen LogP contribution in [-0.2, 0) is 14.3 Å². The fourth-order valence-electron chi connectivity index (χ4n) is 3.03. The Hall–Kier alpha value is -0.680. The predicted octanol–water partition coefficient (Wildman–Crippen LogP) is 1.28. The maximum Gasteiger partial charge on any atom is 0.260 e. The summed E-state index contributed by atoms with van der Waals surface area (Å²) >= 11 is 0. The van der Waals surface area contributed by atoms with Gasteiger partial charge in [-0.05, 0) is 25.7 Å². The van der Waals surface area contributed by atoms with E-state index in [1.165, 1.54) is 0 Å². The minimum absolute atomic E-state index is 0.134. The van der Waals surface area contributed by atoms with E-state index in [1.54, 1.807) is 12.0 Å². The molecule has 1 atom stereocenters. The molecule has 3 aliphatic rings. The van der Waals surface area contributed by atoms with Gasteiger partial charge in [0, 0.05) is 26.6 Å². The van der Waals surface area contributed by atoms with Crippen LogP contribution in [0.5, 0.6) is 0 Å². The number of halogens is 1. The Balaban J connectivity index is 1.57. The zero-order valence-corrected chi connectivity index (χ0v) is 10.8. The van der Waals surface area contributed by atoms with Crippen LogP contribution in [0, 0.1) is 0 Å². The fraction of sp³-hybridized carbons (Fsp3) is 0.923. The molecule has 1 aliphatic carbocycles. The average Bonchev–Trinajstić information content (AvgIpc) is 3.02. The zero-order chi connectivity index (χ0) is 12.8. The SMILES string of the molecule is COC1COC2(CCN(C(=O)C3(F)CC3)CC2)C1. The summed E-state index contributed by atoms with van der Waals surface area (Å²) < 4.78 is 24.9. The number of piperidine rings is 1.